The van der Waals surface area contributed by atoms with Crippen molar-refractivity contribution in [2.75, 3.05) is 0 Å². The molecule has 0 spiro atoms. The maximum absolute atomic E-state index is 10.1. The lowest BCUT2D eigenvalue weighted by Gasteiger charge is -2.03. The van der Waals surface area contributed by atoms with Gasteiger partial charge in [0.1, 0.15) is 18.4 Å². The first kappa shape index (κ1) is 10.5. The molecule has 0 aliphatic rings. The summed E-state index contributed by atoms with van der Waals surface area (Å²) in [6, 6.07) is 11.4. The molecule has 2 aromatic carbocycles. The zero-order chi connectivity index (χ0) is 12.4. The van der Waals surface area contributed by atoms with E-state index < -0.39 is 0 Å². The van der Waals surface area contributed by atoms with Crippen LogP contribution in [0.3, 0.4) is 0 Å². The van der Waals surface area contributed by atoms with Crippen molar-refractivity contribution in [1.29, 1.82) is 0 Å². The van der Waals surface area contributed by atoms with Gasteiger partial charge in [-0.05, 0) is 11.5 Å². The summed E-state index contributed by atoms with van der Waals surface area (Å²) in [4.78, 5) is 0. The molecule has 3 rings (SSSR count). The van der Waals surface area contributed by atoms with E-state index in [-0.39, 0.29) is 5.75 Å². The molecule has 0 fully saturated rings. The molecule has 0 aliphatic heterocycles. The zero-order valence-corrected chi connectivity index (χ0v) is 9.43. The molecular formula is C13H10N4O. The summed E-state index contributed by atoms with van der Waals surface area (Å²) in [6.07, 6.45) is 4.54. The Bertz CT molecular complexity index is 704. The standard InChI is InChI=1S/C13H10N4O/c18-13-11(7-16-17-8-14-15-9-17)6-5-10-3-1-2-4-12(10)13/h1-9,18H/b16-7-. The second kappa shape index (κ2) is 4.29. The van der Waals surface area contributed by atoms with Gasteiger partial charge in [0.25, 0.3) is 0 Å². The molecule has 0 unspecified atom stereocenters. The molecule has 0 amide bonds. The minimum Gasteiger partial charge on any atom is -0.507 e. The predicted octanol–water partition coefficient (Wildman–Crippen LogP) is 2.02. The Kier molecular flexibility index (Phi) is 2.49. The van der Waals surface area contributed by atoms with Crippen molar-refractivity contribution in [3.63, 3.8) is 0 Å². The minimum atomic E-state index is 0.227. The fourth-order valence-electron chi connectivity index (χ4n) is 1.76. The molecule has 0 aliphatic carbocycles. The molecule has 0 atom stereocenters. The summed E-state index contributed by atoms with van der Waals surface area (Å²) in [5, 5.41) is 23.4. The van der Waals surface area contributed by atoms with Crippen molar-refractivity contribution in [2.24, 2.45) is 5.10 Å². The van der Waals surface area contributed by atoms with Crippen LogP contribution in [-0.2, 0) is 0 Å². The molecule has 1 heterocycles. The number of aromatic hydroxyl groups is 1. The van der Waals surface area contributed by atoms with Crippen LogP contribution >= 0.6 is 0 Å². The molecule has 5 heteroatoms. The molecule has 88 valence electrons. The molecule has 1 aromatic heterocycles. The smallest absolute Gasteiger partial charge is 0.141 e. The van der Waals surface area contributed by atoms with Crippen LogP contribution in [0, 0.1) is 0 Å². The largest absolute Gasteiger partial charge is 0.507 e. The van der Waals surface area contributed by atoms with Crippen LogP contribution in [-0.4, -0.2) is 26.2 Å². The van der Waals surface area contributed by atoms with E-state index in [0.29, 0.717) is 5.56 Å². The van der Waals surface area contributed by atoms with Crippen molar-refractivity contribution >= 4 is 17.0 Å². The van der Waals surface area contributed by atoms with E-state index in [1.165, 1.54) is 17.3 Å². The van der Waals surface area contributed by atoms with E-state index in [9.17, 15) is 5.11 Å². The minimum absolute atomic E-state index is 0.227. The van der Waals surface area contributed by atoms with E-state index in [0.717, 1.165) is 10.8 Å². The van der Waals surface area contributed by atoms with Gasteiger partial charge in [-0.15, -0.1) is 10.2 Å². The van der Waals surface area contributed by atoms with Crippen LogP contribution in [0.2, 0.25) is 0 Å². The Morgan fingerprint density at radius 3 is 2.67 bits per heavy atom. The summed E-state index contributed by atoms with van der Waals surface area (Å²) < 4.78 is 1.47. The van der Waals surface area contributed by atoms with Gasteiger partial charge in [0.15, 0.2) is 0 Å². The lowest BCUT2D eigenvalue weighted by atomic mass is 10.1. The Balaban J connectivity index is 2.05. The number of hydrogen-bond donors (Lipinski definition) is 1. The van der Waals surface area contributed by atoms with E-state index in [1.54, 1.807) is 6.21 Å². The first-order valence-electron chi connectivity index (χ1n) is 5.44. The summed E-state index contributed by atoms with van der Waals surface area (Å²) in [5.41, 5.74) is 0.655. The highest BCUT2D eigenvalue weighted by molar-refractivity contribution is 5.96. The van der Waals surface area contributed by atoms with Crippen LogP contribution in [0.1, 0.15) is 5.56 Å². The van der Waals surface area contributed by atoms with Gasteiger partial charge in [0.05, 0.1) is 6.21 Å². The van der Waals surface area contributed by atoms with Gasteiger partial charge in [-0.25, -0.2) is 4.68 Å². The van der Waals surface area contributed by atoms with Gasteiger partial charge in [0.2, 0.25) is 0 Å². The van der Waals surface area contributed by atoms with Gasteiger partial charge in [-0.3, -0.25) is 0 Å². The number of hydrogen-bond acceptors (Lipinski definition) is 4. The SMILES string of the molecule is Oc1c(/C=N\n2cnnc2)ccc2ccccc12. The van der Waals surface area contributed by atoms with Crippen molar-refractivity contribution in [3.8, 4) is 5.75 Å². The summed E-state index contributed by atoms with van der Waals surface area (Å²) in [6.45, 7) is 0. The van der Waals surface area contributed by atoms with Crippen LogP contribution in [0.5, 0.6) is 5.75 Å². The number of nitrogens with zero attached hydrogens (tertiary/aromatic N) is 4. The van der Waals surface area contributed by atoms with Crippen molar-refractivity contribution < 1.29 is 5.11 Å². The molecular weight excluding hydrogens is 228 g/mol. The quantitative estimate of drug-likeness (QED) is 0.695. The second-order valence-electron chi connectivity index (χ2n) is 3.81. The van der Waals surface area contributed by atoms with Gasteiger partial charge in [0, 0.05) is 10.9 Å². The van der Waals surface area contributed by atoms with E-state index in [4.69, 9.17) is 0 Å². The zero-order valence-electron chi connectivity index (χ0n) is 9.43. The third kappa shape index (κ3) is 1.82. The van der Waals surface area contributed by atoms with Gasteiger partial charge < -0.3 is 5.11 Å². The first-order valence-corrected chi connectivity index (χ1v) is 5.44. The van der Waals surface area contributed by atoms with Crippen LogP contribution in [0.25, 0.3) is 10.8 Å². The van der Waals surface area contributed by atoms with E-state index >= 15 is 0 Å². The predicted molar refractivity (Wildman–Crippen MR) is 68.6 cm³/mol. The Labute approximate surface area is 103 Å². The highest BCUT2D eigenvalue weighted by Gasteiger charge is 2.03. The fraction of sp³-hybridized carbons (Fsp3) is 0. The lowest BCUT2D eigenvalue weighted by Crippen LogP contribution is -1.88. The molecule has 3 aromatic rings. The van der Waals surface area contributed by atoms with Crippen LogP contribution in [0.15, 0.2) is 54.2 Å². The maximum atomic E-state index is 10.1. The number of benzene rings is 2. The molecule has 1 N–H and O–H groups in total. The van der Waals surface area contributed by atoms with Crippen LogP contribution < -0.4 is 0 Å². The molecule has 18 heavy (non-hydrogen) atoms. The summed E-state index contributed by atoms with van der Waals surface area (Å²) in [7, 11) is 0. The van der Waals surface area contributed by atoms with Crippen molar-refractivity contribution in [3.05, 3.63) is 54.6 Å². The topological polar surface area (TPSA) is 63.3 Å². The molecule has 0 saturated carbocycles. The normalized spacial score (nSPS) is 11.3. The third-order valence-electron chi connectivity index (χ3n) is 2.67. The highest BCUT2D eigenvalue weighted by atomic mass is 16.3. The number of phenols is 1. The molecule has 0 saturated heterocycles. The van der Waals surface area contributed by atoms with Gasteiger partial charge >= 0.3 is 0 Å². The highest BCUT2D eigenvalue weighted by Crippen LogP contribution is 2.27. The maximum Gasteiger partial charge on any atom is 0.141 e. The van der Waals surface area contributed by atoms with E-state index in [1.807, 2.05) is 36.4 Å². The number of phenolic OH excluding ortho intramolecular Hbond substituents is 1. The van der Waals surface area contributed by atoms with E-state index in [2.05, 4.69) is 15.3 Å². The average Bonchev–Trinajstić information content (AvgIpc) is 2.91. The van der Waals surface area contributed by atoms with Crippen molar-refractivity contribution in [1.82, 2.24) is 14.9 Å². The molecule has 5 nitrogen and oxygen atoms in total. The lowest BCUT2D eigenvalue weighted by molar-refractivity contribution is 0.481. The number of fused-ring (bicyclic) bond motifs is 1. The summed E-state index contributed by atoms with van der Waals surface area (Å²) >= 11 is 0. The van der Waals surface area contributed by atoms with Crippen LogP contribution in [0.4, 0.5) is 0 Å². The number of aromatic nitrogens is 3. The average molecular weight is 238 g/mol. The summed E-state index contributed by atoms with van der Waals surface area (Å²) in [5.74, 6) is 0.227. The number of rotatable bonds is 2. The van der Waals surface area contributed by atoms with Gasteiger partial charge in [-0.1, -0.05) is 30.3 Å². The van der Waals surface area contributed by atoms with Crippen molar-refractivity contribution in [2.45, 2.75) is 0 Å². The second-order valence-corrected chi connectivity index (χ2v) is 3.81. The molecule has 0 bridgehead atoms. The fourth-order valence-corrected chi connectivity index (χ4v) is 1.76. The Morgan fingerprint density at radius 2 is 1.83 bits per heavy atom. The monoisotopic (exact) mass is 238 g/mol. The Hall–Kier alpha value is -2.69. The first-order chi connectivity index (χ1) is 8.84. The Morgan fingerprint density at radius 1 is 1.06 bits per heavy atom. The molecule has 0 radical (unpaired) electrons. The van der Waals surface area contributed by atoms with Gasteiger partial charge in [-0.2, -0.15) is 5.10 Å². The third-order valence-corrected chi connectivity index (χ3v) is 2.67.